The molecule has 3 rings (SSSR count). The first-order valence-corrected chi connectivity index (χ1v) is 11.5. The summed E-state index contributed by atoms with van der Waals surface area (Å²) in [5, 5.41) is -0.538. The first-order valence-electron chi connectivity index (χ1n) is 9.97. The van der Waals surface area contributed by atoms with Gasteiger partial charge in [-0.05, 0) is 39.5 Å². The van der Waals surface area contributed by atoms with Gasteiger partial charge in [0.15, 0.2) is 0 Å². The van der Waals surface area contributed by atoms with Crippen LogP contribution in [0.4, 0.5) is 4.79 Å². The third-order valence-electron chi connectivity index (χ3n) is 5.42. The summed E-state index contributed by atoms with van der Waals surface area (Å²) in [6.45, 7) is 7.11. The Kier molecular flexibility index (Phi) is 6.05. The van der Waals surface area contributed by atoms with E-state index in [1.165, 1.54) is 4.31 Å². The first-order chi connectivity index (χ1) is 13.1. The highest BCUT2D eigenvalue weighted by Crippen LogP contribution is 2.26. The number of hydrogen-bond donors (Lipinski definition) is 0. The van der Waals surface area contributed by atoms with Crippen molar-refractivity contribution in [3.05, 3.63) is 12.2 Å². The van der Waals surface area contributed by atoms with E-state index in [4.69, 9.17) is 4.74 Å². The van der Waals surface area contributed by atoms with E-state index >= 15 is 0 Å². The second-order valence-electron chi connectivity index (χ2n) is 8.80. The van der Waals surface area contributed by atoms with Gasteiger partial charge in [0.05, 0.1) is 0 Å². The molecular formula is C19H31N3O5S. The predicted octanol–water partition coefficient (Wildman–Crippen LogP) is 1.44. The molecule has 2 fully saturated rings. The maximum Gasteiger partial charge on any atom is 0.410 e. The van der Waals surface area contributed by atoms with E-state index in [1.807, 2.05) is 0 Å². The Balaban J connectivity index is 1.45. The molecule has 3 aliphatic rings. The molecule has 9 heteroatoms. The summed E-state index contributed by atoms with van der Waals surface area (Å²) in [4.78, 5) is 27.6. The smallest absolute Gasteiger partial charge is 0.410 e. The van der Waals surface area contributed by atoms with Crippen LogP contribution < -0.4 is 0 Å². The summed E-state index contributed by atoms with van der Waals surface area (Å²) in [6.07, 6.45) is 6.26. The van der Waals surface area contributed by atoms with Gasteiger partial charge in [-0.1, -0.05) is 12.2 Å². The Morgan fingerprint density at radius 1 is 1.07 bits per heavy atom. The molecular weight excluding hydrogens is 382 g/mol. The van der Waals surface area contributed by atoms with E-state index in [2.05, 4.69) is 12.2 Å². The molecule has 0 spiro atoms. The first kappa shape index (κ1) is 21.1. The fourth-order valence-electron chi connectivity index (χ4n) is 3.71. The van der Waals surface area contributed by atoms with Crippen LogP contribution in [0.3, 0.4) is 0 Å². The third-order valence-corrected chi connectivity index (χ3v) is 7.65. The zero-order valence-electron chi connectivity index (χ0n) is 17.0. The summed E-state index contributed by atoms with van der Waals surface area (Å²) >= 11 is 0. The van der Waals surface area contributed by atoms with Crippen molar-refractivity contribution in [1.29, 1.82) is 0 Å². The fraction of sp³-hybridized carbons (Fsp3) is 0.789. The molecule has 28 heavy (non-hydrogen) atoms. The van der Waals surface area contributed by atoms with Crippen LogP contribution >= 0.6 is 0 Å². The van der Waals surface area contributed by atoms with Crippen molar-refractivity contribution in [2.75, 3.05) is 39.3 Å². The minimum absolute atomic E-state index is 0.0396. The topological polar surface area (TPSA) is 87.2 Å². The SMILES string of the molecule is CC(C)(C)OC(=O)N1CCN(S(=O)(=O)C2CN(C(=O)CC3C=CCC3)C2)CC1. The lowest BCUT2D eigenvalue weighted by atomic mass is 10.0. The Morgan fingerprint density at radius 2 is 1.71 bits per heavy atom. The highest BCUT2D eigenvalue weighted by Gasteiger charge is 2.44. The number of allylic oxidation sites excluding steroid dienone is 2. The highest BCUT2D eigenvalue weighted by atomic mass is 32.2. The van der Waals surface area contributed by atoms with E-state index in [0.717, 1.165) is 12.8 Å². The van der Waals surface area contributed by atoms with Gasteiger partial charge in [0, 0.05) is 45.7 Å². The van der Waals surface area contributed by atoms with E-state index in [9.17, 15) is 18.0 Å². The van der Waals surface area contributed by atoms with Crippen molar-refractivity contribution in [2.45, 2.75) is 50.9 Å². The number of carbonyl (C=O) groups excluding carboxylic acids is 2. The molecule has 158 valence electrons. The Labute approximate surface area is 167 Å². The van der Waals surface area contributed by atoms with Crippen LogP contribution in [0.5, 0.6) is 0 Å². The zero-order chi connectivity index (χ0) is 20.5. The summed E-state index contributed by atoms with van der Waals surface area (Å²) in [7, 11) is -3.46. The van der Waals surface area contributed by atoms with Gasteiger partial charge in [-0.2, -0.15) is 4.31 Å². The monoisotopic (exact) mass is 413 g/mol. The maximum absolute atomic E-state index is 12.8. The Morgan fingerprint density at radius 3 is 2.25 bits per heavy atom. The van der Waals surface area contributed by atoms with Crippen LogP contribution in [-0.2, 0) is 19.6 Å². The lowest BCUT2D eigenvalue weighted by Crippen LogP contribution is -2.62. The van der Waals surface area contributed by atoms with Crippen molar-refractivity contribution in [3.63, 3.8) is 0 Å². The van der Waals surface area contributed by atoms with Crippen LogP contribution in [0.15, 0.2) is 12.2 Å². The molecule has 2 amide bonds. The zero-order valence-corrected chi connectivity index (χ0v) is 17.8. The Hall–Kier alpha value is -1.61. The summed E-state index contributed by atoms with van der Waals surface area (Å²) in [5.41, 5.74) is -0.573. The van der Waals surface area contributed by atoms with Crippen molar-refractivity contribution in [3.8, 4) is 0 Å². The van der Waals surface area contributed by atoms with E-state index in [1.54, 1.807) is 30.6 Å². The van der Waals surface area contributed by atoms with Gasteiger partial charge in [0.25, 0.3) is 0 Å². The highest BCUT2D eigenvalue weighted by molar-refractivity contribution is 7.89. The van der Waals surface area contributed by atoms with Gasteiger partial charge in [0.2, 0.25) is 15.9 Å². The minimum Gasteiger partial charge on any atom is -0.444 e. The molecule has 1 atom stereocenters. The van der Waals surface area contributed by atoms with Gasteiger partial charge in [0.1, 0.15) is 10.9 Å². The molecule has 0 aromatic carbocycles. The lowest BCUT2D eigenvalue weighted by molar-refractivity contribution is -0.135. The van der Waals surface area contributed by atoms with Gasteiger partial charge < -0.3 is 14.5 Å². The number of rotatable bonds is 4. The third kappa shape index (κ3) is 4.86. The number of hydrogen-bond acceptors (Lipinski definition) is 5. The van der Waals surface area contributed by atoms with Gasteiger partial charge in [-0.3, -0.25) is 4.79 Å². The van der Waals surface area contributed by atoms with Gasteiger partial charge in [-0.15, -0.1) is 0 Å². The van der Waals surface area contributed by atoms with E-state index in [0.29, 0.717) is 25.4 Å². The molecule has 0 aromatic rings. The number of likely N-dealkylation sites (tertiary alicyclic amines) is 1. The van der Waals surface area contributed by atoms with Gasteiger partial charge in [-0.25, -0.2) is 13.2 Å². The van der Waals surface area contributed by atoms with Crippen LogP contribution in [0.2, 0.25) is 0 Å². The summed E-state index contributed by atoms with van der Waals surface area (Å²) in [6, 6.07) is 0. The molecule has 1 aliphatic carbocycles. The second-order valence-corrected chi connectivity index (χ2v) is 11.0. The summed E-state index contributed by atoms with van der Waals surface area (Å²) in [5.74, 6) is 0.335. The molecule has 8 nitrogen and oxygen atoms in total. The number of nitrogens with zero attached hydrogens (tertiary/aromatic N) is 3. The minimum atomic E-state index is -3.46. The molecule has 0 radical (unpaired) electrons. The number of ether oxygens (including phenoxy) is 1. The number of sulfonamides is 1. The Bertz CT molecular complexity index is 729. The quantitative estimate of drug-likeness (QED) is 0.651. The molecule has 1 unspecified atom stereocenters. The summed E-state index contributed by atoms with van der Waals surface area (Å²) < 4.78 is 32.4. The molecule has 0 saturated carbocycles. The van der Waals surface area contributed by atoms with Crippen LogP contribution in [0.25, 0.3) is 0 Å². The molecule has 0 N–H and O–H groups in total. The number of piperazine rings is 1. The molecule has 0 aromatic heterocycles. The largest absolute Gasteiger partial charge is 0.444 e. The standard InChI is InChI=1S/C19H31N3O5S/c1-19(2,3)27-18(24)20-8-10-22(11-9-20)28(25,26)16-13-21(14-16)17(23)12-15-6-4-5-7-15/h4,6,15-16H,5,7-14H2,1-3H3. The molecule has 2 aliphatic heterocycles. The molecule has 2 heterocycles. The molecule has 0 bridgehead atoms. The van der Waals surface area contributed by atoms with Crippen LogP contribution in [-0.4, -0.2) is 84.6 Å². The predicted molar refractivity (Wildman–Crippen MR) is 105 cm³/mol. The normalized spacial score (nSPS) is 24.3. The average Bonchev–Trinajstić information content (AvgIpc) is 3.04. The molecule has 2 saturated heterocycles. The van der Waals surface area contributed by atoms with Crippen molar-refractivity contribution >= 4 is 22.0 Å². The number of carbonyl (C=O) groups is 2. The average molecular weight is 414 g/mol. The fourth-order valence-corrected chi connectivity index (χ4v) is 5.54. The van der Waals surface area contributed by atoms with Crippen molar-refractivity contribution < 1.29 is 22.7 Å². The van der Waals surface area contributed by atoms with Crippen LogP contribution in [0.1, 0.15) is 40.0 Å². The number of amides is 2. The van der Waals surface area contributed by atoms with E-state index in [-0.39, 0.29) is 32.1 Å². The lowest BCUT2D eigenvalue weighted by Gasteiger charge is -2.43. The second kappa shape index (κ2) is 8.02. The maximum atomic E-state index is 12.8. The van der Waals surface area contributed by atoms with Crippen LogP contribution in [0, 0.1) is 5.92 Å². The van der Waals surface area contributed by atoms with Crippen molar-refractivity contribution in [1.82, 2.24) is 14.1 Å². The van der Waals surface area contributed by atoms with E-state index < -0.39 is 27.0 Å². The van der Waals surface area contributed by atoms with Gasteiger partial charge >= 0.3 is 6.09 Å². The van der Waals surface area contributed by atoms with Crippen molar-refractivity contribution in [2.24, 2.45) is 5.92 Å².